The number of amides is 1. The van der Waals surface area contributed by atoms with Gasteiger partial charge in [0.15, 0.2) is 0 Å². The van der Waals surface area contributed by atoms with Gasteiger partial charge in [-0.1, -0.05) is 13.0 Å². The van der Waals surface area contributed by atoms with Crippen LogP contribution in [0.3, 0.4) is 0 Å². The third-order valence-electron chi connectivity index (χ3n) is 3.76. The SMILES string of the molecule is CC(=O)N1C[C@@H](C)Sc2ccc(S(=O)(=O)Nc3cccc(F)c3)cc21. The maximum absolute atomic E-state index is 13.3. The standard InChI is InChI=1S/C17H17FN2O3S2/c1-11-10-20(12(2)21)16-9-15(6-7-17(16)24-11)25(22,23)19-14-5-3-4-13(18)8-14/h3-9,11,19H,10H2,1-2H3/t11-/m1/s1. The van der Waals surface area contributed by atoms with E-state index in [4.69, 9.17) is 0 Å². The lowest BCUT2D eigenvalue weighted by Gasteiger charge is -2.32. The van der Waals surface area contributed by atoms with Crippen LogP contribution in [-0.4, -0.2) is 26.1 Å². The Morgan fingerprint density at radius 3 is 2.72 bits per heavy atom. The normalized spacial score (nSPS) is 17.1. The quantitative estimate of drug-likeness (QED) is 0.885. The molecule has 1 aliphatic heterocycles. The van der Waals surface area contributed by atoms with Crippen LogP contribution in [0.1, 0.15) is 13.8 Å². The van der Waals surface area contributed by atoms with Crippen LogP contribution < -0.4 is 9.62 Å². The van der Waals surface area contributed by atoms with Crippen LogP contribution >= 0.6 is 11.8 Å². The first-order valence-corrected chi connectivity index (χ1v) is 10.00. The minimum atomic E-state index is -3.89. The summed E-state index contributed by atoms with van der Waals surface area (Å²) < 4.78 is 40.8. The van der Waals surface area contributed by atoms with E-state index in [1.54, 1.807) is 22.7 Å². The zero-order chi connectivity index (χ0) is 18.2. The third kappa shape index (κ3) is 3.80. The molecule has 1 atom stereocenters. The minimum absolute atomic E-state index is 0.0249. The number of carbonyl (C=O) groups excluding carboxylic acids is 1. The van der Waals surface area contributed by atoms with Gasteiger partial charge in [-0.2, -0.15) is 0 Å². The highest BCUT2D eigenvalue weighted by atomic mass is 32.2. The fourth-order valence-corrected chi connectivity index (χ4v) is 4.81. The Morgan fingerprint density at radius 1 is 1.28 bits per heavy atom. The number of carbonyl (C=O) groups is 1. The second-order valence-corrected chi connectivity index (χ2v) is 8.97. The van der Waals surface area contributed by atoms with Gasteiger partial charge in [0.1, 0.15) is 5.82 Å². The predicted molar refractivity (Wildman–Crippen MR) is 97.0 cm³/mol. The smallest absolute Gasteiger partial charge is 0.261 e. The highest BCUT2D eigenvalue weighted by Gasteiger charge is 2.27. The van der Waals surface area contributed by atoms with E-state index in [9.17, 15) is 17.6 Å². The van der Waals surface area contributed by atoms with Crippen LogP contribution in [0.15, 0.2) is 52.3 Å². The Labute approximate surface area is 150 Å². The molecule has 0 fully saturated rings. The number of fused-ring (bicyclic) bond motifs is 1. The van der Waals surface area contributed by atoms with Crippen molar-refractivity contribution in [1.29, 1.82) is 0 Å². The molecule has 3 rings (SSSR count). The van der Waals surface area contributed by atoms with E-state index in [1.807, 2.05) is 6.92 Å². The lowest BCUT2D eigenvalue weighted by Crippen LogP contribution is -2.37. The second kappa shape index (κ2) is 6.68. The van der Waals surface area contributed by atoms with Gasteiger partial charge in [0, 0.05) is 23.6 Å². The number of hydrogen-bond acceptors (Lipinski definition) is 4. The average Bonchev–Trinajstić information content (AvgIpc) is 2.53. The van der Waals surface area contributed by atoms with Gasteiger partial charge in [0.2, 0.25) is 5.91 Å². The summed E-state index contributed by atoms with van der Waals surface area (Å²) in [6, 6.07) is 9.91. The van der Waals surface area contributed by atoms with E-state index < -0.39 is 15.8 Å². The number of anilines is 2. The zero-order valence-corrected chi connectivity index (χ0v) is 15.3. The molecule has 1 amide bonds. The van der Waals surface area contributed by atoms with Gasteiger partial charge < -0.3 is 4.90 Å². The number of thioether (sulfide) groups is 1. The first kappa shape index (κ1) is 17.8. The summed E-state index contributed by atoms with van der Waals surface area (Å²) in [5.74, 6) is -0.667. The summed E-state index contributed by atoms with van der Waals surface area (Å²) in [5.41, 5.74) is 0.724. The van der Waals surface area contributed by atoms with E-state index in [2.05, 4.69) is 4.72 Å². The summed E-state index contributed by atoms with van der Waals surface area (Å²) in [5, 5.41) is 0.226. The molecule has 0 saturated heterocycles. The van der Waals surface area contributed by atoms with Gasteiger partial charge in [0.25, 0.3) is 10.0 Å². The number of nitrogens with zero attached hydrogens (tertiary/aromatic N) is 1. The molecule has 2 aromatic carbocycles. The van der Waals surface area contributed by atoms with Crippen LogP contribution in [0, 0.1) is 5.82 Å². The van der Waals surface area contributed by atoms with Crippen molar-refractivity contribution >= 4 is 39.1 Å². The molecular weight excluding hydrogens is 363 g/mol. The van der Waals surface area contributed by atoms with E-state index in [0.717, 1.165) is 11.0 Å². The van der Waals surface area contributed by atoms with Gasteiger partial charge in [-0.25, -0.2) is 12.8 Å². The summed E-state index contributed by atoms with van der Waals surface area (Å²) in [4.78, 5) is 14.4. The largest absolute Gasteiger partial charge is 0.310 e. The van der Waals surface area contributed by atoms with Crippen LogP contribution in [0.25, 0.3) is 0 Å². The molecule has 0 bridgehead atoms. The van der Waals surface area contributed by atoms with Crippen LogP contribution in [-0.2, 0) is 14.8 Å². The Hall–Kier alpha value is -2.06. The highest BCUT2D eigenvalue weighted by molar-refractivity contribution is 8.00. The van der Waals surface area contributed by atoms with Gasteiger partial charge in [0.05, 0.1) is 16.3 Å². The number of halogens is 1. The molecule has 0 saturated carbocycles. The maximum Gasteiger partial charge on any atom is 0.261 e. The van der Waals surface area contributed by atoms with Crippen molar-refractivity contribution in [2.45, 2.75) is 28.9 Å². The van der Waals surface area contributed by atoms with Crippen molar-refractivity contribution in [3.05, 3.63) is 48.3 Å². The monoisotopic (exact) mass is 380 g/mol. The minimum Gasteiger partial charge on any atom is -0.310 e. The summed E-state index contributed by atoms with van der Waals surface area (Å²) in [6.45, 7) is 3.99. The van der Waals surface area contributed by atoms with Gasteiger partial charge >= 0.3 is 0 Å². The summed E-state index contributed by atoms with van der Waals surface area (Å²) in [7, 11) is -3.89. The molecule has 1 heterocycles. The second-order valence-electron chi connectivity index (χ2n) is 5.80. The molecule has 0 unspecified atom stereocenters. The Morgan fingerprint density at radius 2 is 2.04 bits per heavy atom. The molecule has 1 N–H and O–H groups in total. The molecule has 25 heavy (non-hydrogen) atoms. The molecule has 0 aliphatic carbocycles. The van der Waals surface area contributed by atoms with E-state index >= 15 is 0 Å². The van der Waals surface area contributed by atoms with Crippen molar-refractivity contribution in [2.75, 3.05) is 16.2 Å². The van der Waals surface area contributed by atoms with Crippen LogP contribution in [0.2, 0.25) is 0 Å². The van der Waals surface area contributed by atoms with Crippen molar-refractivity contribution < 1.29 is 17.6 Å². The van der Waals surface area contributed by atoms with Crippen molar-refractivity contribution in [1.82, 2.24) is 0 Å². The number of nitrogens with one attached hydrogen (secondary N) is 1. The molecule has 2 aromatic rings. The first-order chi connectivity index (χ1) is 11.8. The van der Waals surface area contributed by atoms with Gasteiger partial charge in [-0.05, 0) is 36.4 Å². The van der Waals surface area contributed by atoms with Crippen molar-refractivity contribution in [3.8, 4) is 0 Å². The molecule has 0 radical (unpaired) electrons. The van der Waals surface area contributed by atoms with E-state index in [1.165, 1.54) is 37.3 Å². The predicted octanol–water partition coefficient (Wildman–Crippen LogP) is 3.47. The molecular formula is C17H17FN2O3S2. The number of benzene rings is 2. The molecule has 5 nitrogen and oxygen atoms in total. The maximum atomic E-state index is 13.3. The summed E-state index contributed by atoms with van der Waals surface area (Å²) >= 11 is 1.60. The topological polar surface area (TPSA) is 66.5 Å². The van der Waals surface area contributed by atoms with Gasteiger partial charge in [-0.3, -0.25) is 9.52 Å². The van der Waals surface area contributed by atoms with Crippen molar-refractivity contribution in [2.24, 2.45) is 0 Å². The third-order valence-corrected chi connectivity index (χ3v) is 6.29. The number of sulfonamides is 1. The highest BCUT2D eigenvalue weighted by Crippen LogP contribution is 2.39. The number of rotatable bonds is 3. The van der Waals surface area contributed by atoms with Crippen molar-refractivity contribution in [3.63, 3.8) is 0 Å². The van der Waals surface area contributed by atoms with Gasteiger partial charge in [-0.15, -0.1) is 11.8 Å². The lowest BCUT2D eigenvalue weighted by molar-refractivity contribution is -0.116. The van der Waals surface area contributed by atoms with E-state index in [0.29, 0.717) is 12.2 Å². The fraction of sp³-hybridized carbons (Fsp3) is 0.235. The van der Waals surface area contributed by atoms with E-state index in [-0.39, 0.29) is 21.7 Å². The Balaban J connectivity index is 1.98. The number of hydrogen-bond donors (Lipinski definition) is 1. The molecule has 1 aliphatic rings. The average molecular weight is 380 g/mol. The Kier molecular flexibility index (Phi) is 4.75. The first-order valence-electron chi connectivity index (χ1n) is 7.63. The molecule has 0 spiro atoms. The Bertz CT molecular complexity index is 931. The molecule has 132 valence electrons. The fourth-order valence-electron chi connectivity index (χ4n) is 2.65. The molecule has 0 aromatic heterocycles. The summed E-state index contributed by atoms with van der Waals surface area (Å²) in [6.07, 6.45) is 0. The van der Waals surface area contributed by atoms with Crippen LogP contribution in [0.4, 0.5) is 15.8 Å². The zero-order valence-electron chi connectivity index (χ0n) is 13.7. The molecule has 8 heteroatoms. The van der Waals surface area contributed by atoms with Crippen LogP contribution in [0.5, 0.6) is 0 Å². The lowest BCUT2D eigenvalue weighted by atomic mass is 10.2.